The lowest BCUT2D eigenvalue weighted by atomic mass is 9.93. The molecule has 6 heteroatoms. The van der Waals surface area contributed by atoms with E-state index in [-0.39, 0.29) is 19.1 Å². The molecule has 1 saturated heterocycles. The third-order valence-electron chi connectivity index (χ3n) is 4.25. The van der Waals surface area contributed by atoms with Crippen LogP contribution in [0.4, 0.5) is 0 Å². The highest BCUT2D eigenvalue weighted by atomic mass is 35.5. The molecule has 0 saturated carbocycles. The van der Waals surface area contributed by atoms with E-state index in [1.54, 1.807) is 53.4 Å². The van der Waals surface area contributed by atoms with E-state index in [4.69, 9.17) is 27.9 Å². The second-order valence-electron chi connectivity index (χ2n) is 6.28. The van der Waals surface area contributed by atoms with Gasteiger partial charge in [0, 0.05) is 11.6 Å². The standard InChI is InChI=1S/C19H19Cl2NO3/c20-14-5-3-6-15(11-14)25-13-19(24)9-4-10-22(12-19)18(23)16-7-1-2-8-17(16)21/h1-3,5-8,11,24H,4,9-10,12-13H2. The van der Waals surface area contributed by atoms with Crippen molar-refractivity contribution in [3.8, 4) is 5.75 Å². The fourth-order valence-electron chi connectivity index (χ4n) is 2.98. The number of carbonyl (C=O) groups excluding carboxylic acids is 1. The highest BCUT2D eigenvalue weighted by Gasteiger charge is 2.36. The zero-order valence-electron chi connectivity index (χ0n) is 13.6. The molecule has 1 heterocycles. The maximum atomic E-state index is 12.7. The van der Waals surface area contributed by atoms with Crippen molar-refractivity contribution in [2.45, 2.75) is 18.4 Å². The molecule has 0 aliphatic carbocycles. The Hall–Kier alpha value is -1.75. The summed E-state index contributed by atoms with van der Waals surface area (Å²) in [5.74, 6) is 0.418. The molecule has 25 heavy (non-hydrogen) atoms. The molecular formula is C19H19Cl2NO3. The predicted molar refractivity (Wildman–Crippen MR) is 98.5 cm³/mol. The van der Waals surface area contributed by atoms with Crippen molar-refractivity contribution in [1.82, 2.24) is 4.90 Å². The van der Waals surface area contributed by atoms with Crippen LogP contribution in [0.2, 0.25) is 10.0 Å². The Labute approximate surface area is 156 Å². The first-order chi connectivity index (χ1) is 12.0. The Balaban J connectivity index is 1.67. The van der Waals surface area contributed by atoms with E-state index in [9.17, 15) is 9.90 Å². The van der Waals surface area contributed by atoms with Gasteiger partial charge in [-0.05, 0) is 43.2 Å². The van der Waals surface area contributed by atoms with Crippen LogP contribution in [0.1, 0.15) is 23.2 Å². The molecule has 3 rings (SSSR count). The molecule has 1 unspecified atom stereocenters. The van der Waals surface area contributed by atoms with Gasteiger partial charge in [-0.2, -0.15) is 0 Å². The summed E-state index contributed by atoms with van der Waals surface area (Å²) in [6.45, 7) is 0.890. The van der Waals surface area contributed by atoms with E-state index in [2.05, 4.69) is 0 Å². The van der Waals surface area contributed by atoms with Gasteiger partial charge in [-0.1, -0.05) is 41.4 Å². The summed E-state index contributed by atoms with van der Waals surface area (Å²) in [6, 6.07) is 14.0. The van der Waals surface area contributed by atoms with Gasteiger partial charge < -0.3 is 14.7 Å². The normalized spacial score (nSPS) is 20.4. The number of piperidine rings is 1. The number of likely N-dealkylation sites (tertiary alicyclic amines) is 1. The number of ether oxygens (including phenoxy) is 1. The van der Waals surface area contributed by atoms with Crippen LogP contribution < -0.4 is 4.74 Å². The highest BCUT2D eigenvalue weighted by Crippen LogP contribution is 2.26. The second-order valence-corrected chi connectivity index (χ2v) is 7.12. The predicted octanol–water partition coefficient (Wildman–Crippen LogP) is 4.04. The number of hydrogen-bond acceptors (Lipinski definition) is 3. The average molecular weight is 380 g/mol. The topological polar surface area (TPSA) is 49.8 Å². The zero-order chi connectivity index (χ0) is 17.9. The Morgan fingerprint density at radius 3 is 2.76 bits per heavy atom. The van der Waals surface area contributed by atoms with Crippen LogP contribution in [0.25, 0.3) is 0 Å². The minimum absolute atomic E-state index is 0.0969. The van der Waals surface area contributed by atoms with Gasteiger partial charge in [-0.3, -0.25) is 4.79 Å². The Kier molecular flexibility index (Phi) is 5.52. The van der Waals surface area contributed by atoms with Gasteiger partial charge in [-0.15, -0.1) is 0 Å². The number of halogens is 2. The van der Waals surface area contributed by atoms with Gasteiger partial charge in [-0.25, -0.2) is 0 Å². The van der Waals surface area contributed by atoms with Gasteiger partial charge >= 0.3 is 0 Å². The molecule has 1 aliphatic heterocycles. The first-order valence-electron chi connectivity index (χ1n) is 8.11. The van der Waals surface area contributed by atoms with Crippen LogP contribution >= 0.6 is 23.2 Å². The number of carbonyl (C=O) groups is 1. The Bertz CT molecular complexity index is 768. The van der Waals surface area contributed by atoms with Crippen molar-refractivity contribution in [2.24, 2.45) is 0 Å². The molecule has 1 atom stereocenters. The summed E-state index contributed by atoms with van der Waals surface area (Å²) in [5.41, 5.74) is -0.651. The van der Waals surface area contributed by atoms with Gasteiger partial charge in [0.15, 0.2) is 0 Å². The van der Waals surface area contributed by atoms with Crippen molar-refractivity contribution in [3.63, 3.8) is 0 Å². The van der Waals surface area contributed by atoms with Crippen molar-refractivity contribution in [2.75, 3.05) is 19.7 Å². The smallest absolute Gasteiger partial charge is 0.255 e. The minimum atomic E-state index is -1.10. The summed E-state index contributed by atoms with van der Waals surface area (Å²) in [5, 5.41) is 11.8. The van der Waals surface area contributed by atoms with Gasteiger partial charge in [0.05, 0.1) is 17.1 Å². The third kappa shape index (κ3) is 4.46. The monoisotopic (exact) mass is 379 g/mol. The molecule has 2 aromatic carbocycles. The number of rotatable bonds is 4. The summed E-state index contributed by atoms with van der Waals surface area (Å²) in [4.78, 5) is 14.3. The molecular weight excluding hydrogens is 361 g/mol. The molecule has 4 nitrogen and oxygen atoms in total. The average Bonchev–Trinajstić information content (AvgIpc) is 2.60. The molecule has 1 fully saturated rings. The first kappa shape index (κ1) is 18.1. The maximum Gasteiger partial charge on any atom is 0.255 e. The van der Waals surface area contributed by atoms with Crippen LogP contribution in [0.5, 0.6) is 5.75 Å². The molecule has 2 aromatic rings. The van der Waals surface area contributed by atoms with Gasteiger partial charge in [0.25, 0.3) is 5.91 Å². The van der Waals surface area contributed by atoms with Gasteiger partial charge in [0.1, 0.15) is 18.0 Å². The molecule has 0 radical (unpaired) electrons. The van der Waals surface area contributed by atoms with E-state index < -0.39 is 5.60 Å². The first-order valence-corrected chi connectivity index (χ1v) is 8.87. The van der Waals surface area contributed by atoms with Crippen LogP contribution in [0, 0.1) is 0 Å². The quantitative estimate of drug-likeness (QED) is 0.871. The summed E-state index contributed by atoms with van der Waals surface area (Å²) in [6.07, 6.45) is 1.27. The van der Waals surface area contributed by atoms with E-state index in [1.807, 2.05) is 0 Å². The number of aliphatic hydroxyl groups is 1. The minimum Gasteiger partial charge on any atom is -0.490 e. The molecule has 0 bridgehead atoms. The lowest BCUT2D eigenvalue weighted by Crippen LogP contribution is -2.53. The zero-order valence-corrected chi connectivity index (χ0v) is 15.1. The summed E-state index contributed by atoms with van der Waals surface area (Å²) in [7, 11) is 0. The van der Waals surface area contributed by atoms with Crippen LogP contribution in [0.15, 0.2) is 48.5 Å². The molecule has 1 N–H and O–H groups in total. The van der Waals surface area contributed by atoms with Crippen molar-refractivity contribution < 1.29 is 14.6 Å². The second kappa shape index (κ2) is 7.65. The Morgan fingerprint density at radius 2 is 2.00 bits per heavy atom. The Morgan fingerprint density at radius 1 is 1.20 bits per heavy atom. The van der Waals surface area contributed by atoms with Crippen molar-refractivity contribution in [1.29, 1.82) is 0 Å². The van der Waals surface area contributed by atoms with Crippen molar-refractivity contribution in [3.05, 3.63) is 64.1 Å². The number of amides is 1. The van der Waals surface area contributed by atoms with E-state index in [0.717, 1.165) is 0 Å². The van der Waals surface area contributed by atoms with Crippen LogP contribution in [-0.4, -0.2) is 41.2 Å². The summed E-state index contributed by atoms with van der Waals surface area (Å²) < 4.78 is 5.69. The lowest BCUT2D eigenvalue weighted by molar-refractivity contribution is -0.0531. The maximum absolute atomic E-state index is 12.7. The fraction of sp³-hybridized carbons (Fsp3) is 0.316. The number of β-amino-alcohol motifs (C(OH)–C–C–N with tert-alkyl or cyclic N) is 1. The lowest BCUT2D eigenvalue weighted by Gasteiger charge is -2.39. The molecule has 0 spiro atoms. The fourth-order valence-corrected chi connectivity index (χ4v) is 3.38. The van der Waals surface area contributed by atoms with Crippen molar-refractivity contribution >= 4 is 29.1 Å². The largest absolute Gasteiger partial charge is 0.490 e. The molecule has 1 amide bonds. The number of benzene rings is 2. The molecule has 0 aromatic heterocycles. The molecule has 132 valence electrons. The number of hydrogen-bond donors (Lipinski definition) is 1. The van der Waals surface area contributed by atoms with E-state index >= 15 is 0 Å². The van der Waals surface area contributed by atoms with Gasteiger partial charge in [0.2, 0.25) is 0 Å². The third-order valence-corrected chi connectivity index (χ3v) is 4.82. The SMILES string of the molecule is O=C(c1ccccc1Cl)N1CCCC(O)(COc2cccc(Cl)c2)C1. The number of nitrogens with zero attached hydrogens (tertiary/aromatic N) is 1. The van der Waals surface area contributed by atoms with E-state index in [1.165, 1.54) is 0 Å². The van der Waals surface area contributed by atoms with E-state index in [0.29, 0.717) is 40.7 Å². The van der Waals surface area contributed by atoms with Crippen LogP contribution in [0.3, 0.4) is 0 Å². The summed E-state index contributed by atoms with van der Waals surface area (Å²) >= 11 is 12.1. The van der Waals surface area contributed by atoms with Crippen LogP contribution in [-0.2, 0) is 0 Å². The molecule has 1 aliphatic rings. The highest BCUT2D eigenvalue weighted by molar-refractivity contribution is 6.33.